The zero-order chi connectivity index (χ0) is 16.8. The largest absolute Gasteiger partial charge is 0.401 e. The fraction of sp³-hybridized carbons (Fsp3) is 0.929. The van der Waals surface area contributed by atoms with E-state index >= 15 is 0 Å². The van der Waals surface area contributed by atoms with Crippen molar-refractivity contribution in [2.75, 3.05) is 39.8 Å². The Balaban J connectivity index is 0.00000484. The molecule has 1 atom stereocenters. The van der Waals surface area contributed by atoms with Crippen LogP contribution in [0.25, 0.3) is 0 Å². The Labute approximate surface area is 153 Å². The number of hydrogen-bond donors (Lipinski definition) is 3. The van der Waals surface area contributed by atoms with E-state index in [1.54, 1.807) is 7.05 Å². The summed E-state index contributed by atoms with van der Waals surface area (Å²) >= 11 is 0. The number of alkyl halides is 3. The third-order valence-corrected chi connectivity index (χ3v) is 3.31. The molecule has 0 spiro atoms. The van der Waals surface area contributed by atoms with Gasteiger partial charge in [0.25, 0.3) is 0 Å². The zero-order valence-electron chi connectivity index (χ0n) is 14.3. The molecule has 1 fully saturated rings. The third kappa shape index (κ3) is 11.0. The number of guanidine groups is 1. The number of nitrogens with one attached hydrogen (secondary N) is 3. The van der Waals surface area contributed by atoms with Gasteiger partial charge in [-0.15, -0.1) is 24.0 Å². The van der Waals surface area contributed by atoms with Crippen molar-refractivity contribution < 1.29 is 13.2 Å². The predicted octanol–water partition coefficient (Wildman–Crippen LogP) is 1.79. The average Bonchev–Trinajstić information content (AvgIpc) is 2.76. The van der Waals surface area contributed by atoms with Crippen molar-refractivity contribution in [2.45, 2.75) is 44.9 Å². The fourth-order valence-corrected chi connectivity index (χ4v) is 2.35. The minimum absolute atomic E-state index is 0. The monoisotopic (exact) mass is 451 g/mol. The van der Waals surface area contributed by atoms with E-state index in [0.717, 1.165) is 6.54 Å². The van der Waals surface area contributed by atoms with Crippen LogP contribution in [0.2, 0.25) is 0 Å². The molecule has 0 saturated carbocycles. The minimum Gasteiger partial charge on any atom is -0.355 e. The average molecular weight is 451 g/mol. The molecule has 138 valence electrons. The summed E-state index contributed by atoms with van der Waals surface area (Å²) in [6.45, 7) is 7.77. The number of nitrogens with zero attached hydrogens (tertiary/aromatic N) is 2. The molecule has 1 unspecified atom stereocenters. The maximum Gasteiger partial charge on any atom is 0.401 e. The van der Waals surface area contributed by atoms with Crippen molar-refractivity contribution >= 4 is 29.9 Å². The molecule has 0 radical (unpaired) electrons. The van der Waals surface area contributed by atoms with Crippen LogP contribution < -0.4 is 16.0 Å². The Bertz CT molecular complexity index is 368. The second kappa shape index (κ2) is 9.87. The molecule has 1 aliphatic heterocycles. The summed E-state index contributed by atoms with van der Waals surface area (Å²) in [4.78, 5) is 5.53. The molecule has 23 heavy (non-hydrogen) atoms. The summed E-state index contributed by atoms with van der Waals surface area (Å²) in [5, 5.41) is 9.70. The van der Waals surface area contributed by atoms with Crippen molar-refractivity contribution in [3.05, 3.63) is 0 Å². The molecule has 0 aliphatic carbocycles. The number of likely N-dealkylation sites (tertiary alicyclic amines) is 1. The van der Waals surface area contributed by atoms with Crippen LogP contribution in [0.4, 0.5) is 13.2 Å². The highest BCUT2D eigenvalue weighted by molar-refractivity contribution is 14.0. The van der Waals surface area contributed by atoms with E-state index in [2.05, 4.69) is 41.7 Å². The van der Waals surface area contributed by atoms with Gasteiger partial charge in [0.2, 0.25) is 0 Å². The van der Waals surface area contributed by atoms with Gasteiger partial charge in [0.15, 0.2) is 5.96 Å². The van der Waals surface area contributed by atoms with Crippen LogP contribution in [0, 0.1) is 0 Å². The van der Waals surface area contributed by atoms with Crippen LogP contribution in [0.5, 0.6) is 0 Å². The van der Waals surface area contributed by atoms with Crippen LogP contribution in [0.15, 0.2) is 4.99 Å². The van der Waals surface area contributed by atoms with Gasteiger partial charge in [0.05, 0.1) is 6.54 Å². The fourth-order valence-electron chi connectivity index (χ4n) is 2.35. The molecule has 0 amide bonds. The molecule has 1 rings (SSSR count). The lowest BCUT2D eigenvalue weighted by Crippen LogP contribution is -2.48. The van der Waals surface area contributed by atoms with E-state index in [-0.39, 0.29) is 35.6 Å². The van der Waals surface area contributed by atoms with Crippen LogP contribution in [-0.4, -0.2) is 68.4 Å². The first-order valence-corrected chi connectivity index (χ1v) is 7.60. The summed E-state index contributed by atoms with van der Waals surface area (Å²) in [6, 6.07) is 0.00382. The first-order chi connectivity index (χ1) is 10.1. The first kappa shape index (κ1) is 22.7. The molecular formula is C14H29F3IN5. The normalized spacial score (nSPS) is 20.3. The standard InChI is InChI=1S/C14H28F3N5.HI/c1-13(2,3)20-7-6-19-12(18-4)21-11-5-8-22(9-11)10-14(15,16)17;/h11,20H,5-10H2,1-4H3,(H2,18,19,21);1H. The predicted molar refractivity (Wildman–Crippen MR) is 98.6 cm³/mol. The summed E-state index contributed by atoms with van der Waals surface area (Å²) in [5.74, 6) is 0.634. The highest BCUT2D eigenvalue weighted by Crippen LogP contribution is 2.19. The van der Waals surface area contributed by atoms with Crippen LogP contribution >= 0.6 is 24.0 Å². The van der Waals surface area contributed by atoms with Gasteiger partial charge in [0, 0.05) is 44.8 Å². The van der Waals surface area contributed by atoms with Crippen molar-refractivity contribution in [1.29, 1.82) is 0 Å². The number of aliphatic imine (C=N–C) groups is 1. The summed E-state index contributed by atoms with van der Waals surface area (Å²) in [5.41, 5.74) is 0.0577. The first-order valence-electron chi connectivity index (χ1n) is 7.60. The van der Waals surface area contributed by atoms with E-state index in [1.165, 1.54) is 4.90 Å². The molecule has 5 nitrogen and oxygen atoms in total. The van der Waals surface area contributed by atoms with E-state index < -0.39 is 12.7 Å². The molecule has 1 heterocycles. The second-order valence-corrected chi connectivity index (χ2v) is 6.66. The molecular weight excluding hydrogens is 422 g/mol. The summed E-state index contributed by atoms with van der Waals surface area (Å²) in [7, 11) is 1.66. The Morgan fingerprint density at radius 3 is 2.39 bits per heavy atom. The van der Waals surface area contributed by atoms with Gasteiger partial charge in [-0.25, -0.2) is 0 Å². The maximum absolute atomic E-state index is 12.4. The molecule has 0 aromatic carbocycles. The molecule has 1 aliphatic rings. The second-order valence-electron chi connectivity index (χ2n) is 6.66. The van der Waals surface area contributed by atoms with Gasteiger partial charge in [-0.1, -0.05) is 0 Å². The van der Waals surface area contributed by atoms with E-state index in [4.69, 9.17) is 0 Å². The van der Waals surface area contributed by atoms with Gasteiger partial charge in [0.1, 0.15) is 0 Å². The van der Waals surface area contributed by atoms with Crippen LogP contribution in [-0.2, 0) is 0 Å². The number of hydrogen-bond acceptors (Lipinski definition) is 3. The quantitative estimate of drug-likeness (QED) is 0.258. The van der Waals surface area contributed by atoms with E-state index in [0.29, 0.717) is 32.0 Å². The topological polar surface area (TPSA) is 51.7 Å². The van der Waals surface area contributed by atoms with Crippen molar-refractivity contribution in [2.24, 2.45) is 4.99 Å². The Morgan fingerprint density at radius 2 is 1.87 bits per heavy atom. The summed E-state index contributed by atoms with van der Waals surface area (Å²) < 4.78 is 37.1. The minimum atomic E-state index is -4.13. The van der Waals surface area contributed by atoms with Gasteiger partial charge in [-0.05, 0) is 27.2 Å². The van der Waals surface area contributed by atoms with Gasteiger partial charge >= 0.3 is 6.18 Å². The lowest BCUT2D eigenvalue weighted by Gasteiger charge is -2.22. The lowest BCUT2D eigenvalue weighted by molar-refractivity contribution is -0.143. The van der Waals surface area contributed by atoms with Gasteiger partial charge in [-0.3, -0.25) is 9.89 Å². The molecule has 0 aromatic rings. The number of halogens is 4. The smallest absolute Gasteiger partial charge is 0.355 e. The van der Waals surface area contributed by atoms with E-state index in [1.807, 2.05) is 0 Å². The third-order valence-electron chi connectivity index (χ3n) is 3.31. The number of rotatable bonds is 5. The Kier molecular flexibility index (Phi) is 9.75. The van der Waals surface area contributed by atoms with E-state index in [9.17, 15) is 13.2 Å². The van der Waals surface area contributed by atoms with Crippen LogP contribution in [0.1, 0.15) is 27.2 Å². The zero-order valence-corrected chi connectivity index (χ0v) is 16.6. The van der Waals surface area contributed by atoms with Gasteiger partial charge in [-0.2, -0.15) is 13.2 Å². The molecule has 0 aromatic heterocycles. The van der Waals surface area contributed by atoms with Gasteiger partial charge < -0.3 is 16.0 Å². The van der Waals surface area contributed by atoms with Crippen molar-refractivity contribution in [1.82, 2.24) is 20.9 Å². The van der Waals surface area contributed by atoms with Crippen molar-refractivity contribution in [3.8, 4) is 0 Å². The molecule has 0 bridgehead atoms. The lowest BCUT2D eigenvalue weighted by atomic mass is 10.1. The Hall–Kier alpha value is -0.290. The molecule has 3 N–H and O–H groups in total. The highest BCUT2D eigenvalue weighted by atomic mass is 127. The SMILES string of the molecule is CN=C(NCCNC(C)(C)C)NC1CCN(CC(F)(F)F)C1.I. The maximum atomic E-state index is 12.4. The highest BCUT2D eigenvalue weighted by Gasteiger charge is 2.34. The summed E-state index contributed by atoms with van der Waals surface area (Å²) in [6.07, 6.45) is -3.44. The van der Waals surface area contributed by atoms with Crippen molar-refractivity contribution in [3.63, 3.8) is 0 Å². The Morgan fingerprint density at radius 1 is 1.22 bits per heavy atom. The van der Waals surface area contributed by atoms with Crippen LogP contribution in [0.3, 0.4) is 0 Å². The molecule has 9 heteroatoms. The molecule has 1 saturated heterocycles.